The van der Waals surface area contributed by atoms with Gasteiger partial charge in [0, 0.05) is 5.97 Å². The SMILES string of the molecule is CCCCCCC(=O)[O-].O=CC(O)C(O)C(O)C(O)CO.[Na+]. The largest absolute Gasteiger partial charge is 1.00 e. The van der Waals surface area contributed by atoms with Crippen LogP contribution in [0.25, 0.3) is 0 Å². The molecule has 0 aromatic rings. The van der Waals surface area contributed by atoms with Crippen molar-refractivity contribution in [2.24, 2.45) is 0 Å². The molecule has 0 saturated heterocycles. The Morgan fingerprint density at radius 3 is 2.00 bits per heavy atom. The number of carboxylic acids is 1. The Morgan fingerprint density at radius 2 is 1.64 bits per heavy atom. The number of hydrogen-bond donors (Lipinski definition) is 5. The minimum absolute atomic E-state index is 0. The quantitative estimate of drug-likeness (QED) is 0.150. The normalized spacial score (nSPS) is 15.4. The Balaban J connectivity index is -0.000000326. The second-order valence-electron chi connectivity index (χ2n) is 4.54. The summed E-state index contributed by atoms with van der Waals surface area (Å²) in [4.78, 5) is 19.7. The summed E-state index contributed by atoms with van der Waals surface area (Å²) in [7, 11) is 0. The molecule has 9 heteroatoms. The van der Waals surface area contributed by atoms with Crippen molar-refractivity contribution in [2.75, 3.05) is 6.61 Å². The van der Waals surface area contributed by atoms with E-state index in [1.165, 1.54) is 0 Å². The van der Waals surface area contributed by atoms with Crippen molar-refractivity contribution < 1.29 is 69.8 Å². The number of hydrogen-bond acceptors (Lipinski definition) is 8. The standard InChI is InChI=1S/C7H14O2.C6H12O6.Na/c1-2-3-4-5-6-7(8)9;7-1-3(9)5(11)6(12)4(10)2-8;/h2-6H2,1H3,(H,8,9);1,3-6,8-12H,2H2;/q;;+1/p-1. The molecule has 0 fully saturated rings. The van der Waals surface area contributed by atoms with Gasteiger partial charge in [0.1, 0.15) is 24.4 Å². The summed E-state index contributed by atoms with van der Waals surface area (Å²) >= 11 is 0. The molecule has 4 atom stereocenters. The number of aldehydes is 1. The van der Waals surface area contributed by atoms with E-state index in [1.54, 1.807) is 0 Å². The number of unbranched alkanes of at least 4 members (excludes halogenated alkanes) is 3. The van der Waals surface area contributed by atoms with E-state index in [0.29, 0.717) is 0 Å². The van der Waals surface area contributed by atoms with Crippen LogP contribution in [0.2, 0.25) is 0 Å². The molecule has 0 aliphatic rings. The molecule has 4 unspecified atom stereocenters. The molecule has 0 aromatic heterocycles. The van der Waals surface area contributed by atoms with E-state index in [2.05, 4.69) is 6.92 Å². The van der Waals surface area contributed by atoms with Gasteiger partial charge in [-0.25, -0.2) is 0 Å². The molecule has 0 aliphatic heterocycles. The number of carboxylic acid groups (broad SMARTS) is 1. The van der Waals surface area contributed by atoms with Gasteiger partial charge < -0.3 is 40.2 Å². The summed E-state index contributed by atoms with van der Waals surface area (Å²) < 4.78 is 0. The van der Waals surface area contributed by atoms with Gasteiger partial charge in [0.05, 0.1) is 6.61 Å². The van der Waals surface area contributed by atoms with Gasteiger partial charge in [-0.15, -0.1) is 0 Å². The average Bonchev–Trinajstić information content (AvgIpc) is 2.48. The molecule has 0 radical (unpaired) electrons. The summed E-state index contributed by atoms with van der Waals surface area (Å²) in [5.41, 5.74) is 0. The number of aliphatic hydroxyl groups excluding tert-OH is 5. The van der Waals surface area contributed by atoms with Crippen LogP contribution in [-0.4, -0.2) is 68.8 Å². The van der Waals surface area contributed by atoms with E-state index in [0.717, 1.165) is 25.7 Å². The van der Waals surface area contributed by atoms with Gasteiger partial charge in [0.25, 0.3) is 0 Å². The van der Waals surface area contributed by atoms with Crippen LogP contribution < -0.4 is 34.7 Å². The van der Waals surface area contributed by atoms with Crippen LogP contribution in [0.3, 0.4) is 0 Å². The van der Waals surface area contributed by atoms with Gasteiger partial charge in [-0.2, -0.15) is 0 Å². The van der Waals surface area contributed by atoms with E-state index in [-0.39, 0.29) is 42.3 Å². The van der Waals surface area contributed by atoms with Crippen molar-refractivity contribution in [2.45, 2.75) is 63.4 Å². The molecule has 0 aliphatic carbocycles. The molecular formula is C13H25NaO8. The van der Waals surface area contributed by atoms with Gasteiger partial charge >= 0.3 is 29.6 Å². The topological polar surface area (TPSA) is 158 Å². The molecule has 0 spiro atoms. The third-order valence-corrected chi connectivity index (χ3v) is 2.65. The first kappa shape index (κ1) is 26.8. The van der Waals surface area contributed by atoms with Crippen molar-refractivity contribution in [1.82, 2.24) is 0 Å². The second kappa shape index (κ2) is 17.3. The molecule has 5 N–H and O–H groups in total. The first-order valence-electron chi connectivity index (χ1n) is 6.80. The molecule has 126 valence electrons. The van der Waals surface area contributed by atoms with Crippen molar-refractivity contribution >= 4 is 12.3 Å². The predicted molar refractivity (Wildman–Crippen MR) is 70.9 cm³/mol. The molecule has 0 amide bonds. The smallest absolute Gasteiger partial charge is 0.550 e. The Bertz CT molecular complexity index is 277. The first-order chi connectivity index (χ1) is 9.81. The van der Waals surface area contributed by atoms with Crippen LogP contribution in [0.15, 0.2) is 0 Å². The zero-order valence-electron chi connectivity index (χ0n) is 13.1. The van der Waals surface area contributed by atoms with Gasteiger partial charge in [-0.3, -0.25) is 0 Å². The Labute approximate surface area is 152 Å². The number of aliphatic hydroxyl groups is 5. The Kier molecular flexibility index (Phi) is 21.1. The van der Waals surface area contributed by atoms with Crippen molar-refractivity contribution in [1.29, 1.82) is 0 Å². The third-order valence-electron chi connectivity index (χ3n) is 2.65. The molecule has 0 heterocycles. The number of rotatable bonds is 10. The summed E-state index contributed by atoms with van der Waals surface area (Å²) in [6, 6.07) is 0. The monoisotopic (exact) mass is 332 g/mol. The van der Waals surface area contributed by atoms with Crippen LogP contribution >= 0.6 is 0 Å². The van der Waals surface area contributed by atoms with Crippen LogP contribution in [0.4, 0.5) is 0 Å². The van der Waals surface area contributed by atoms with Crippen molar-refractivity contribution in [3.8, 4) is 0 Å². The fourth-order valence-electron chi connectivity index (χ4n) is 1.31. The van der Waals surface area contributed by atoms with Crippen molar-refractivity contribution in [3.05, 3.63) is 0 Å². The van der Waals surface area contributed by atoms with Crippen LogP contribution in [0, 0.1) is 0 Å². The first-order valence-corrected chi connectivity index (χ1v) is 6.80. The number of carbonyl (C=O) groups excluding carboxylic acids is 2. The maximum atomic E-state index is 9.90. The third kappa shape index (κ3) is 14.9. The van der Waals surface area contributed by atoms with Gasteiger partial charge in [0.15, 0.2) is 6.29 Å². The minimum Gasteiger partial charge on any atom is -0.550 e. The zero-order valence-corrected chi connectivity index (χ0v) is 15.1. The summed E-state index contributed by atoms with van der Waals surface area (Å²) in [6.07, 6.45) is -2.55. The van der Waals surface area contributed by atoms with Crippen LogP contribution in [-0.2, 0) is 9.59 Å². The Morgan fingerprint density at radius 1 is 1.09 bits per heavy atom. The fraction of sp³-hybridized carbons (Fsp3) is 0.846. The van der Waals surface area contributed by atoms with E-state index in [1.807, 2.05) is 0 Å². The molecule has 8 nitrogen and oxygen atoms in total. The molecule has 22 heavy (non-hydrogen) atoms. The van der Waals surface area contributed by atoms with E-state index in [4.69, 9.17) is 25.5 Å². The minimum atomic E-state index is -1.79. The second-order valence-corrected chi connectivity index (χ2v) is 4.54. The maximum absolute atomic E-state index is 9.90. The van der Waals surface area contributed by atoms with Crippen molar-refractivity contribution in [3.63, 3.8) is 0 Å². The molecule has 0 bridgehead atoms. The number of carbonyl (C=O) groups is 2. The number of aliphatic carboxylic acids is 1. The molecular weight excluding hydrogens is 307 g/mol. The Hall–Kier alpha value is -0.0600. The zero-order chi connectivity index (χ0) is 16.8. The van der Waals surface area contributed by atoms with E-state index in [9.17, 15) is 14.7 Å². The van der Waals surface area contributed by atoms with Gasteiger partial charge in [-0.05, 0) is 12.8 Å². The van der Waals surface area contributed by atoms with Crippen LogP contribution in [0.1, 0.15) is 39.0 Å². The van der Waals surface area contributed by atoms with Crippen LogP contribution in [0.5, 0.6) is 0 Å². The van der Waals surface area contributed by atoms with E-state index >= 15 is 0 Å². The summed E-state index contributed by atoms with van der Waals surface area (Å²) in [6.45, 7) is 1.34. The molecule has 0 saturated carbocycles. The molecule has 0 aromatic carbocycles. The maximum Gasteiger partial charge on any atom is 1.00 e. The average molecular weight is 332 g/mol. The fourth-order valence-corrected chi connectivity index (χ4v) is 1.31. The molecule has 0 rings (SSSR count). The van der Waals surface area contributed by atoms with Gasteiger partial charge in [-0.1, -0.05) is 26.2 Å². The predicted octanol–water partition coefficient (Wildman–Crippen LogP) is -5.67. The van der Waals surface area contributed by atoms with Gasteiger partial charge in [0.2, 0.25) is 0 Å². The van der Waals surface area contributed by atoms with E-state index < -0.39 is 37.0 Å². The summed E-state index contributed by atoms with van der Waals surface area (Å²) in [5.74, 6) is -0.925. The summed E-state index contributed by atoms with van der Waals surface area (Å²) in [5, 5.41) is 53.4.